The second kappa shape index (κ2) is 11.0. The van der Waals surface area contributed by atoms with Gasteiger partial charge in [0.25, 0.3) is 0 Å². The molecular weight excluding hydrogens is 446 g/mol. The molecule has 0 aliphatic carbocycles. The number of carboxylic acids is 1. The largest absolute Gasteiger partial charge is 0.482 e. The van der Waals surface area contributed by atoms with Gasteiger partial charge in [0.1, 0.15) is 11.4 Å². The number of benzene rings is 2. The molecule has 0 spiro atoms. The van der Waals surface area contributed by atoms with E-state index in [1.165, 1.54) is 18.7 Å². The smallest absolute Gasteiger partial charge is 0.335 e. The van der Waals surface area contributed by atoms with Crippen LogP contribution in [-0.4, -0.2) is 67.6 Å². The lowest BCUT2D eigenvalue weighted by molar-refractivity contribution is -0.134. The third-order valence-corrected chi connectivity index (χ3v) is 6.49. The lowest BCUT2D eigenvalue weighted by atomic mass is 9.92. The standard InChI is InChI=1S/C15H23N3O2.C12H12O3/c16-5-1-2-6-17-7-9-18(10-8-17)13-3-4-14-15(11-13)20-12-19-14;1-12(2)9(11(13)14)7-8-5-3-4-6-10(8)15-12/h3-4,11H,1-2,5-10,12,16H2;3-7H,1-2H3,(H,13,14). The van der Waals surface area contributed by atoms with Crippen LogP contribution >= 0.6 is 0 Å². The number of anilines is 1. The summed E-state index contributed by atoms with van der Waals surface area (Å²) in [5, 5.41) is 9.05. The normalized spacial score (nSPS) is 18.0. The summed E-state index contributed by atoms with van der Waals surface area (Å²) in [6.07, 6.45) is 4.00. The van der Waals surface area contributed by atoms with Crippen molar-refractivity contribution in [1.29, 1.82) is 0 Å². The fourth-order valence-corrected chi connectivity index (χ4v) is 4.46. The first-order valence-electron chi connectivity index (χ1n) is 12.2. The van der Waals surface area contributed by atoms with Crippen LogP contribution in [0.5, 0.6) is 17.2 Å². The van der Waals surface area contributed by atoms with Gasteiger partial charge in [-0.3, -0.25) is 4.90 Å². The van der Waals surface area contributed by atoms with Gasteiger partial charge in [0.05, 0.1) is 5.57 Å². The highest BCUT2D eigenvalue weighted by molar-refractivity contribution is 5.95. The molecule has 0 bridgehead atoms. The van der Waals surface area contributed by atoms with Gasteiger partial charge in [-0.1, -0.05) is 18.2 Å². The molecule has 35 heavy (non-hydrogen) atoms. The molecule has 0 atom stereocenters. The number of unbranched alkanes of at least 4 members (excludes halogenated alkanes) is 1. The number of carboxylic acid groups (broad SMARTS) is 1. The zero-order valence-electron chi connectivity index (χ0n) is 20.5. The fraction of sp³-hybridized carbons (Fsp3) is 0.444. The van der Waals surface area contributed by atoms with Gasteiger partial charge in [-0.05, 0) is 64.1 Å². The van der Waals surface area contributed by atoms with E-state index in [-0.39, 0.29) is 5.57 Å². The van der Waals surface area contributed by atoms with Gasteiger partial charge in [0.2, 0.25) is 6.79 Å². The summed E-state index contributed by atoms with van der Waals surface area (Å²) >= 11 is 0. The van der Waals surface area contributed by atoms with Crippen molar-refractivity contribution in [3.05, 3.63) is 53.6 Å². The molecule has 3 N–H and O–H groups in total. The molecule has 0 unspecified atom stereocenters. The fourth-order valence-electron chi connectivity index (χ4n) is 4.46. The molecule has 0 saturated carbocycles. The topological polar surface area (TPSA) is 97.5 Å². The third kappa shape index (κ3) is 6.07. The van der Waals surface area contributed by atoms with Crippen molar-refractivity contribution in [2.75, 3.05) is 51.0 Å². The van der Waals surface area contributed by atoms with E-state index in [2.05, 4.69) is 21.9 Å². The predicted molar refractivity (Wildman–Crippen MR) is 136 cm³/mol. The number of hydrogen-bond acceptors (Lipinski definition) is 7. The van der Waals surface area contributed by atoms with Crippen molar-refractivity contribution in [2.45, 2.75) is 32.3 Å². The number of rotatable bonds is 6. The molecule has 3 heterocycles. The Bertz CT molecular complexity index is 1060. The molecule has 8 heteroatoms. The first-order chi connectivity index (χ1) is 16.9. The van der Waals surface area contributed by atoms with Crippen LogP contribution in [-0.2, 0) is 4.79 Å². The second-order valence-corrected chi connectivity index (χ2v) is 9.38. The Kier molecular flexibility index (Phi) is 7.83. The summed E-state index contributed by atoms with van der Waals surface area (Å²) in [5.41, 5.74) is 7.09. The molecular formula is C27H35N3O5. The van der Waals surface area contributed by atoms with Crippen molar-refractivity contribution in [3.63, 3.8) is 0 Å². The summed E-state index contributed by atoms with van der Waals surface area (Å²) < 4.78 is 16.4. The number of ether oxygens (including phenoxy) is 3. The van der Waals surface area contributed by atoms with Crippen LogP contribution in [0.4, 0.5) is 5.69 Å². The molecule has 0 radical (unpaired) electrons. The Balaban J connectivity index is 0.000000172. The maximum absolute atomic E-state index is 11.0. The van der Waals surface area contributed by atoms with Crippen molar-refractivity contribution < 1.29 is 24.1 Å². The van der Waals surface area contributed by atoms with Gasteiger partial charge in [-0.25, -0.2) is 4.79 Å². The van der Waals surface area contributed by atoms with E-state index >= 15 is 0 Å². The summed E-state index contributed by atoms with van der Waals surface area (Å²) in [6.45, 7) is 10.2. The van der Waals surface area contributed by atoms with Crippen molar-refractivity contribution in [2.24, 2.45) is 5.73 Å². The van der Waals surface area contributed by atoms with Crippen molar-refractivity contribution in [3.8, 4) is 17.2 Å². The molecule has 188 valence electrons. The molecule has 1 fully saturated rings. The summed E-state index contributed by atoms with van der Waals surface area (Å²) in [7, 11) is 0. The minimum atomic E-state index is -0.936. The Morgan fingerprint density at radius 3 is 2.49 bits per heavy atom. The van der Waals surface area contributed by atoms with Crippen LogP contribution in [0.15, 0.2) is 48.0 Å². The highest BCUT2D eigenvalue weighted by atomic mass is 16.7. The van der Waals surface area contributed by atoms with Crippen LogP contribution in [0, 0.1) is 0 Å². The molecule has 1 saturated heterocycles. The monoisotopic (exact) mass is 481 g/mol. The predicted octanol–water partition coefficient (Wildman–Crippen LogP) is 3.60. The number of para-hydroxylation sites is 1. The van der Waals surface area contributed by atoms with E-state index in [9.17, 15) is 4.79 Å². The van der Waals surface area contributed by atoms with E-state index in [1.807, 2.05) is 30.3 Å². The second-order valence-electron chi connectivity index (χ2n) is 9.38. The first kappa shape index (κ1) is 24.9. The first-order valence-corrected chi connectivity index (χ1v) is 12.2. The minimum Gasteiger partial charge on any atom is -0.482 e. The molecule has 3 aliphatic heterocycles. The van der Waals surface area contributed by atoms with Crippen LogP contribution in [0.2, 0.25) is 0 Å². The van der Waals surface area contributed by atoms with Crippen LogP contribution in [0.3, 0.4) is 0 Å². The summed E-state index contributed by atoms with van der Waals surface area (Å²) in [6, 6.07) is 13.6. The molecule has 2 aromatic rings. The highest BCUT2D eigenvalue weighted by Crippen LogP contribution is 2.36. The molecule has 2 aromatic carbocycles. The van der Waals surface area contributed by atoms with Crippen LogP contribution in [0.25, 0.3) is 6.08 Å². The molecule has 8 nitrogen and oxygen atoms in total. The van der Waals surface area contributed by atoms with Crippen LogP contribution in [0.1, 0.15) is 32.3 Å². The van der Waals surface area contributed by atoms with Gasteiger partial charge in [-0.15, -0.1) is 0 Å². The third-order valence-electron chi connectivity index (χ3n) is 6.49. The van der Waals surface area contributed by atoms with Crippen molar-refractivity contribution >= 4 is 17.7 Å². The summed E-state index contributed by atoms with van der Waals surface area (Å²) in [5.74, 6) is 1.52. The molecule has 0 amide bonds. The van der Waals surface area contributed by atoms with Gasteiger partial charge >= 0.3 is 5.97 Å². The molecule has 3 aliphatic rings. The van der Waals surface area contributed by atoms with Crippen LogP contribution < -0.4 is 24.8 Å². The Labute approximate surface area is 206 Å². The van der Waals surface area contributed by atoms with E-state index in [0.717, 1.165) is 62.0 Å². The molecule has 5 rings (SSSR count). The maximum Gasteiger partial charge on any atom is 0.335 e. The average molecular weight is 482 g/mol. The number of hydrogen-bond donors (Lipinski definition) is 2. The zero-order valence-corrected chi connectivity index (χ0v) is 20.5. The number of piperazine rings is 1. The van der Waals surface area contributed by atoms with E-state index in [0.29, 0.717) is 6.79 Å². The molecule has 0 aromatic heterocycles. The number of carbonyl (C=O) groups is 1. The van der Waals surface area contributed by atoms with Crippen molar-refractivity contribution in [1.82, 2.24) is 4.90 Å². The van der Waals surface area contributed by atoms with E-state index in [1.54, 1.807) is 19.9 Å². The highest BCUT2D eigenvalue weighted by Gasteiger charge is 2.34. The Morgan fingerprint density at radius 2 is 1.74 bits per heavy atom. The van der Waals surface area contributed by atoms with Gasteiger partial charge < -0.3 is 30.0 Å². The number of fused-ring (bicyclic) bond motifs is 2. The zero-order chi connectivity index (χ0) is 24.8. The number of nitrogens with two attached hydrogens (primary N) is 1. The Morgan fingerprint density at radius 1 is 1.00 bits per heavy atom. The number of nitrogens with zero attached hydrogens (tertiary/aromatic N) is 2. The Hall–Kier alpha value is -3.23. The number of aliphatic carboxylic acids is 1. The minimum absolute atomic E-state index is 0.279. The average Bonchev–Trinajstić information content (AvgIpc) is 3.32. The summed E-state index contributed by atoms with van der Waals surface area (Å²) in [4.78, 5) is 16.0. The van der Waals surface area contributed by atoms with Gasteiger partial charge in [-0.2, -0.15) is 0 Å². The van der Waals surface area contributed by atoms with E-state index < -0.39 is 11.6 Å². The van der Waals surface area contributed by atoms with Gasteiger partial charge in [0.15, 0.2) is 11.5 Å². The lowest BCUT2D eigenvalue weighted by Crippen LogP contribution is -2.46. The lowest BCUT2D eigenvalue weighted by Gasteiger charge is -2.36. The SMILES string of the molecule is CC1(C)Oc2ccccc2C=C1C(=O)O.NCCCCN1CCN(c2ccc3c(c2)OCO3)CC1. The maximum atomic E-state index is 11.0. The quantitative estimate of drug-likeness (QED) is 0.604. The van der Waals surface area contributed by atoms with E-state index in [4.69, 9.17) is 25.1 Å². The van der Waals surface area contributed by atoms with Gasteiger partial charge in [0, 0.05) is 43.5 Å².